The van der Waals surface area contributed by atoms with E-state index >= 15 is 0 Å². The van der Waals surface area contributed by atoms with E-state index in [1.54, 1.807) is 79.7 Å². The summed E-state index contributed by atoms with van der Waals surface area (Å²) in [5.41, 5.74) is 3.09. The van der Waals surface area contributed by atoms with Crippen LogP contribution in [0.4, 0.5) is 28.4 Å². The first-order chi connectivity index (χ1) is 23.3. The monoisotopic (exact) mass is 719 g/mol. The number of azo groups is 2. The molecule has 1 amide bonds. The van der Waals surface area contributed by atoms with Crippen LogP contribution in [-0.2, 0) is 20.2 Å². The van der Waals surface area contributed by atoms with E-state index in [4.69, 9.17) is 0 Å². The van der Waals surface area contributed by atoms with Crippen LogP contribution in [0.3, 0.4) is 0 Å². The van der Waals surface area contributed by atoms with Crippen molar-refractivity contribution in [1.29, 1.82) is 0 Å². The molecule has 16 heteroatoms. The molecule has 13 nitrogen and oxygen atoms in total. The van der Waals surface area contributed by atoms with Crippen LogP contribution in [0.2, 0.25) is 0 Å². The van der Waals surface area contributed by atoms with Crippen molar-refractivity contribution in [3.8, 4) is 5.75 Å². The first-order valence-electron chi connectivity index (χ1n) is 14.4. The van der Waals surface area contributed by atoms with Gasteiger partial charge >= 0.3 is 29.6 Å². The first-order valence-corrected chi connectivity index (χ1v) is 17.2. The van der Waals surface area contributed by atoms with E-state index in [1.807, 2.05) is 0 Å². The van der Waals surface area contributed by atoms with E-state index < -0.39 is 25.1 Å². The average Bonchev–Trinajstić information content (AvgIpc) is 3.06. The summed E-state index contributed by atoms with van der Waals surface area (Å²) in [5.74, 6) is -0.680. The minimum atomic E-state index is -4.54. The van der Waals surface area contributed by atoms with Crippen molar-refractivity contribution >= 4 is 76.1 Å². The maximum atomic E-state index is 12.8. The number of hydrogen-bond donors (Lipinski definition) is 4. The fourth-order valence-electron chi connectivity index (χ4n) is 5.01. The molecule has 0 aromatic heterocycles. The van der Waals surface area contributed by atoms with Gasteiger partial charge in [0.05, 0.1) is 32.5 Å². The summed E-state index contributed by atoms with van der Waals surface area (Å²) in [6, 6.07) is 27.5. The van der Waals surface area contributed by atoms with Gasteiger partial charge in [-0.2, -0.15) is 32.2 Å². The zero-order valence-corrected chi connectivity index (χ0v) is 30.0. The fourth-order valence-corrected chi connectivity index (χ4v) is 6.05. The van der Waals surface area contributed by atoms with Crippen LogP contribution in [0, 0.1) is 6.92 Å². The Kier molecular flexibility index (Phi) is 10.6. The maximum Gasteiger partial charge on any atom is 1.00 e. The van der Waals surface area contributed by atoms with Crippen LogP contribution in [0.5, 0.6) is 5.75 Å². The fraction of sp³-hybridized carbons (Fsp3) is 0.0294. The number of rotatable bonds is 8. The zero-order chi connectivity index (χ0) is 34.9. The van der Waals surface area contributed by atoms with Crippen molar-refractivity contribution in [2.45, 2.75) is 16.7 Å². The molecule has 248 valence electrons. The van der Waals surface area contributed by atoms with Gasteiger partial charge < -0.3 is 11.8 Å². The summed E-state index contributed by atoms with van der Waals surface area (Å²) in [6.07, 6.45) is 0. The van der Waals surface area contributed by atoms with Crippen molar-refractivity contribution in [3.63, 3.8) is 0 Å². The van der Waals surface area contributed by atoms with E-state index in [2.05, 4.69) is 25.8 Å². The third-order valence-corrected chi connectivity index (χ3v) is 9.14. The molecule has 0 saturated carbocycles. The standard InChI is InChI=1S/C34H25N5O8S2.Na.H/c1-20-15-23(8-12-30(20)38-37-24-7-10-27-22(16-24)17-26(19-33(27)40)49(45,46)47)36-39-32-14-13-31(35-34(41)21-5-3-2-4-6-21)28-11-9-25(18-29(28)32)48(42,43)44;;/h2-19,40H,1H3,(H,35,41)(H,42,43,44)(H,45,46,47);;/q;+1;-1. The van der Waals surface area contributed by atoms with Crippen molar-refractivity contribution in [1.82, 2.24) is 0 Å². The molecule has 0 spiro atoms. The Labute approximate surface area is 309 Å². The summed E-state index contributed by atoms with van der Waals surface area (Å²) in [6.45, 7) is 1.78. The molecule has 0 aliphatic heterocycles. The van der Waals surface area contributed by atoms with Gasteiger partial charge in [-0.3, -0.25) is 13.9 Å². The summed E-state index contributed by atoms with van der Waals surface area (Å²) in [7, 11) is -9.07. The Morgan fingerprint density at radius 1 is 0.640 bits per heavy atom. The van der Waals surface area contributed by atoms with Crippen LogP contribution in [0.15, 0.2) is 139 Å². The van der Waals surface area contributed by atoms with Gasteiger partial charge in [-0.05, 0) is 96.7 Å². The number of amides is 1. The third-order valence-electron chi connectivity index (χ3n) is 7.46. The second kappa shape index (κ2) is 14.5. The average molecular weight is 720 g/mol. The van der Waals surface area contributed by atoms with Crippen LogP contribution in [0.1, 0.15) is 17.3 Å². The van der Waals surface area contributed by atoms with Gasteiger partial charge in [0.15, 0.2) is 0 Å². The number of phenolic OH excluding ortho intramolecular Hbond substituents is 1. The molecular weight excluding hydrogens is 694 g/mol. The number of phenols is 1. The van der Waals surface area contributed by atoms with Crippen molar-refractivity contribution in [3.05, 3.63) is 120 Å². The van der Waals surface area contributed by atoms with Crippen molar-refractivity contribution in [2.75, 3.05) is 5.32 Å². The Morgan fingerprint density at radius 2 is 1.26 bits per heavy atom. The molecule has 0 heterocycles. The van der Waals surface area contributed by atoms with Crippen molar-refractivity contribution < 1.29 is 66.8 Å². The molecule has 6 aromatic carbocycles. The summed E-state index contributed by atoms with van der Waals surface area (Å²) in [4.78, 5) is 12.0. The summed E-state index contributed by atoms with van der Waals surface area (Å²) in [5, 5.41) is 31.6. The van der Waals surface area contributed by atoms with Crippen LogP contribution in [0.25, 0.3) is 21.5 Å². The molecule has 0 saturated heterocycles. The van der Waals surface area contributed by atoms with E-state index in [0.29, 0.717) is 55.4 Å². The molecule has 0 aliphatic carbocycles. The zero-order valence-electron chi connectivity index (χ0n) is 27.4. The van der Waals surface area contributed by atoms with Gasteiger partial charge in [0, 0.05) is 33.5 Å². The summed E-state index contributed by atoms with van der Waals surface area (Å²) >= 11 is 0. The number of aromatic hydroxyl groups is 1. The van der Waals surface area contributed by atoms with Gasteiger partial charge in [-0.15, -0.1) is 5.11 Å². The van der Waals surface area contributed by atoms with E-state index in [0.717, 1.165) is 6.07 Å². The number of aryl methyl sites for hydroxylation is 1. The van der Waals surface area contributed by atoms with E-state index in [-0.39, 0.29) is 53.2 Å². The molecule has 0 bridgehead atoms. The molecule has 0 fully saturated rings. The van der Waals surface area contributed by atoms with E-state index in [9.17, 15) is 35.8 Å². The van der Waals surface area contributed by atoms with Crippen molar-refractivity contribution in [2.24, 2.45) is 20.5 Å². The molecule has 50 heavy (non-hydrogen) atoms. The first kappa shape index (κ1) is 36.4. The number of carbonyl (C=O) groups excluding carboxylic acids is 1. The van der Waals surface area contributed by atoms with Crippen LogP contribution in [-0.4, -0.2) is 37.0 Å². The number of nitrogens with zero attached hydrogens (tertiary/aromatic N) is 4. The predicted molar refractivity (Wildman–Crippen MR) is 184 cm³/mol. The second-order valence-electron chi connectivity index (χ2n) is 10.8. The minimum absolute atomic E-state index is 0. The normalized spacial score (nSPS) is 12.1. The number of hydrogen-bond acceptors (Lipinski definition) is 10. The second-order valence-corrected chi connectivity index (χ2v) is 13.7. The minimum Gasteiger partial charge on any atom is -1.00 e. The SMILES string of the molecule is Cc1cc(N=Nc2ccc(NC(=O)c3ccccc3)c3ccc(S(=O)(=O)O)cc23)ccc1N=Nc1ccc2c(O)cc(S(=O)(=O)O)cc2c1.[H-].[Na+]. The number of nitrogens with one attached hydrogen (secondary N) is 1. The molecular formula is C34H26N5NaO8S2. The molecule has 0 unspecified atom stereocenters. The van der Waals surface area contributed by atoms with Gasteiger partial charge in [0.2, 0.25) is 0 Å². The smallest absolute Gasteiger partial charge is 1.00 e. The Hall–Kier alpha value is -4.87. The number of benzene rings is 6. The Morgan fingerprint density at radius 3 is 1.94 bits per heavy atom. The number of anilines is 1. The molecule has 0 aliphatic rings. The molecule has 0 radical (unpaired) electrons. The maximum absolute atomic E-state index is 12.8. The van der Waals surface area contributed by atoms with Gasteiger partial charge in [-0.25, -0.2) is 0 Å². The molecule has 0 atom stereocenters. The van der Waals surface area contributed by atoms with Crippen LogP contribution >= 0.6 is 0 Å². The van der Waals surface area contributed by atoms with E-state index in [1.165, 1.54) is 30.3 Å². The van der Waals surface area contributed by atoms with Gasteiger partial charge in [-0.1, -0.05) is 24.3 Å². The molecule has 4 N–H and O–H groups in total. The largest absolute Gasteiger partial charge is 1.00 e. The number of carbonyl (C=O) groups is 1. The number of fused-ring (bicyclic) bond motifs is 2. The Balaban J connectivity index is 0.00000292. The van der Waals surface area contributed by atoms with Gasteiger partial charge in [0.25, 0.3) is 26.1 Å². The molecule has 6 aromatic rings. The van der Waals surface area contributed by atoms with Gasteiger partial charge in [0.1, 0.15) is 5.75 Å². The van der Waals surface area contributed by atoms with Crippen LogP contribution < -0.4 is 34.9 Å². The molecule has 6 rings (SSSR count). The quantitative estimate of drug-likeness (QED) is 0.0870. The topological polar surface area (TPSA) is 208 Å². The Bertz CT molecular complexity index is 2590. The third kappa shape index (κ3) is 8.11. The summed E-state index contributed by atoms with van der Waals surface area (Å²) < 4.78 is 66.0. The predicted octanol–water partition coefficient (Wildman–Crippen LogP) is 5.70.